The molecule has 1 aromatic heterocycles. The number of benzene rings is 2. The molecule has 0 saturated carbocycles. The van der Waals surface area contributed by atoms with Crippen LogP contribution in [0.15, 0.2) is 54.7 Å². The van der Waals surface area contributed by atoms with Crippen LogP contribution in [0.4, 0.5) is 4.39 Å². The van der Waals surface area contributed by atoms with E-state index in [4.69, 9.17) is 0 Å². The lowest BCUT2D eigenvalue weighted by Gasteiger charge is -2.42. The van der Waals surface area contributed by atoms with Gasteiger partial charge in [-0.1, -0.05) is 38.1 Å². The fourth-order valence-corrected chi connectivity index (χ4v) is 4.38. The van der Waals surface area contributed by atoms with E-state index >= 15 is 0 Å². The highest BCUT2D eigenvalue weighted by atomic mass is 19.1. The number of fused-ring (bicyclic) bond motifs is 1. The average Bonchev–Trinajstić information content (AvgIpc) is 3.23. The second-order valence-corrected chi connectivity index (χ2v) is 8.59. The van der Waals surface area contributed by atoms with Crippen molar-refractivity contribution >= 4 is 28.5 Å². The highest BCUT2D eigenvalue weighted by molar-refractivity contribution is 6.45. The Balaban J connectivity index is 1.57. The zero-order valence-corrected chi connectivity index (χ0v) is 18.2. The van der Waals surface area contributed by atoms with Crippen LogP contribution in [0.3, 0.4) is 0 Å². The molecule has 166 valence electrons. The Morgan fingerprint density at radius 3 is 2.53 bits per heavy atom. The van der Waals surface area contributed by atoms with Crippen LogP contribution in [0.25, 0.3) is 10.9 Å². The van der Waals surface area contributed by atoms with Crippen LogP contribution in [0.2, 0.25) is 0 Å². The van der Waals surface area contributed by atoms with E-state index in [1.54, 1.807) is 34.1 Å². The highest BCUT2D eigenvalue weighted by Crippen LogP contribution is 2.25. The topological polar surface area (TPSA) is 73.5 Å². The number of aromatic nitrogens is 1. The summed E-state index contributed by atoms with van der Waals surface area (Å²) >= 11 is 0. The van der Waals surface area contributed by atoms with Gasteiger partial charge in [-0.3, -0.25) is 14.4 Å². The Labute approximate surface area is 186 Å². The third-order valence-corrected chi connectivity index (χ3v) is 5.89. The smallest absolute Gasteiger partial charge is 0.295 e. The molecule has 1 fully saturated rings. The largest absolute Gasteiger partial charge is 0.360 e. The molecule has 2 aromatic carbocycles. The molecule has 1 N–H and O–H groups in total. The number of H-pyrrole nitrogens is 1. The monoisotopic (exact) mass is 435 g/mol. The van der Waals surface area contributed by atoms with Crippen molar-refractivity contribution in [2.24, 2.45) is 5.92 Å². The van der Waals surface area contributed by atoms with Gasteiger partial charge in [-0.15, -0.1) is 0 Å². The fourth-order valence-electron chi connectivity index (χ4n) is 4.38. The molecule has 32 heavy (non-hydrogen) atoms. The number of hydrogen-bond acceptors (Lipinski definition) is 3. The van der Waals surface area contributed by atoms with Crippen molar-refractivity contribution in [1.82, 2.24) is 14.8 Å². The summed E-state index contributed by atoms with van der Waals surface area (Å²) in [5.74, 6) is -1.76. The van der Waals surface area contributed by atoms with Crippen LogP contribution in [-0.4, -0.2) is 58.1 Å². The number of nitrogens with one attached hydrogen (secondary N) is 1. The molecule has 3 aromatic rings. The molecule has 1 aliphatic heterocycles. The second kappa shape index (κ2) is 8.94. The van der Waals surface area contributed by atoms with Crippen LogP contribution in [0.1, 0.15) is 41.0 Å². The first-order valence-electron chi connectivity index (χ1n) is 10.8. The van der Waals surface area contributed by atoms with E-state index in [2.05, 4.69) is 4.98 Å². The zero-order valence-electron chi connectivity index (χ0n) is 18.2. The van der Waals surface area contributed by atoms with E-state index in [1.165, 1.54) is 12.3 Å². The van der Waals surface area contributed by atoms with E-state index in [9.17, 15) is 18.8 Å². The molecular weight excluding hydrogens is 409 g/mol. The number of ketones is 1. The molecule has 0 spiro atoms. The first-order valence-corrected chi connectivity index (χ1v) is 10.8. The molecular formula is C25H26FN3O3. The Morgan fingerprint density at radius 1 is 1.06 bits per heavy atom. The average molecular weight is 435 g/mol. The zero-order chi connectivity index (χ0) is 22.8. The van der Waals surface area contributed by atoms with Gasteiger partial charge >= 0.3 is 0 Å². The van der Waals surface area contributed by atoms with Crippen LogP contribution in [0.5, 0.6) is 0 Å². The van der Waals surface area contributed by atoms with E-state index in [0.29, 0.717) is 30.6 Å². The molecule has 2 heterocycles. The van der Waals surface area contributed by atoms with Crippen molar-refractivity contribution in [3.05, 3.63) is 71.7 Å². The summed E-state index contributed by atoms with van der Waals surface area (Å²) in [4.78, 5) is 45.4. The highest BCUT2D eigenvalue weighted by Gasteiger charge is 2.36. The van der Waals surface area contributed by atoms with Crippen molar-refractivity contribution in [3.8, 4) is 0 Å². The van der Waals surface area contributed by atoms with Crippen molar-refractivity contribution in [1.29, 1.82) is 0 Å². The minimum atomic E-state index is -0.738. The lowest BCUT2D eigenvalue weighted by atomic mass is 9.98. The number of piperazine rings is 1. The molecule has 4 rings (SSSR count). The number of nitrogens with zero attached hydrogens (tertiary/aromatic N) is 2. The molecule has 1 atom stereocenters. The number of halogens is 1. The Bertz CT molecular complexity index is 1160. The predicted octanol–water partition coefficient (Wildman–Crippen LogP) is 3.89. The third-order valence-electron chi connectivity index (χ3n) is 5.89. The molecule has 7 heteroatoms. The van der Waals surface area contributed by atoms with Crippen LogP contribution < -0.4 is 0 Å². The van der Waals surface area contributed by atoms with Gasteiger partial charge < -0.3 is 14.8 Å². The molecule has 2 amide bonds. The van der Waals surface area contributed by atoms with Crippen LogP contribution in [-0.2, 0) is 4.79 Å². The van der Waals surface area contributed by atoms with Crippen molar-refractivity contribution in [2.45, 2.75) is 26.3 Å². The van der Waals surface area contributed by atoms with Crippen molar-refractivity contribution in [3.63, 3.8) is 0 Å². The Hall–Kier alpha value is -3.48. The van der Waals surface area contributed by atoms with E-state index < -0.39 is 17.5 Å². The lowest BCUT2D eigenvalue weighted by Crippen LogP contribution is -2.58. The first-order chi connectivity index (χ1) is 15.4. The summed E-state index contributed by atoms with van der Waals surface area (Å²) < 4.78 is 14.4. The predicted molar refractivity (Wildman–Crippen MR) is 120 cm³/mol. The number of carbonyl (C=O) groups is 3. The van der Waals surface area contributed by atoms with Crippen LogP contribution in [0, 0.1) is 11.7 Å². The van der Waals surface area contributed by atoms with Gasteiger partial charge in [0, 0.05) is 42.3 Å². The molecule has 1 saturated heterocycles. The maximum absolute atomic E-state index is 14.4. The number of hydrogen-bond donors (Lipinski definition) is 1. The summed E-state index contributed by atoms with van der Waals surface area (Å²) in [6, 6.07) is 13.2. The Morgan fingerprint density at radius 2 is 1.81 bits per heavy atom. The normalized spacial score (nSPS) is 16.6. The van der Waals surface area contributed by atoms with Gasteiger partial charge in [0.15, 0.2) is 0 Å². The van der Waals surface area contributed by atoms with E-state index in [1.807, 2.05) is 32.0 Å². The maximum atomic E-state index is 14.4. The fraction of sp³-hybridized carbons (Fsp3) is 0.320. The summed E-state index contributed by atoms with van der Waals surface area (Å²) in [5, 5.41) is 0.129. The minimum Gasteiger partial charge on any atom is -0.360 e. The minimum absolute atomic E-state index is 0.0363. The van der Waals surface area contributed by atoms with Gasteiger partial charge in [0.25, 0.3) is 17.6 Å². The van der Waals surface area contributed by atoms with E-state index in [0.717, 1.165) is 0 Å². The molecule has 1 aliphatic rings. The number of rotatable bonds is 5. The van der Waals surface area contributed by atoms with Gasteiger partial charge in [0.1, 0.15) is 5.82 Å². The summed E-state index contributed by atoms with van der Waals surface area (Å²) in [5.41, 5.74) is 1.10. The van der Waals surface area contributed by atoms with Gasteiger partial charge in [-0.25, -0.2) is 4.39 Å². The van der Waals surface area contributed by atoms with Gasteiger partial charge in [-0.05, 0) is 36.6 Å². The summed E-state index contributed by atoms with van der Waals surface area (Å²) in [6.07, 6.45) is 2.04. The van der Waals surface area contributed by atoms with Gasteiger partial charge in [-0.2, -0.15) is 0 Å². The maximum Gasteiger partial charge on any atom is 0.295 e. The summed E-state index contributed by atoms with van der Waals surface area (Å²) in [6.45, 7) is 5.02. The van der Waals surface area contributed by atoms with Crippen LogP contribution >= 0.6 is 0 Å². The lowest BCUT2D eigenvalue weighted by molar-refractivity contribution is -0.131. The number of aromatic amines is 1. The molecule has 6 nitrogen and oxygen atoms in total. The van der Waals surface area contributed by atoms with Crippen molar-refractivity contribution < 1.29 is 18.8 Å². The second-order valence-electron chi connectivity index (χ2n) is 8.59. The van der Waals surface area contributed by atoms with E-state index in [-0.39, 0.29) is 35.4 Å². The summed E-state index contributed by atoms with van der Waals surface area (Å²) in [7, 11) is 0. The number of amides is 2. The van der Waals surface area contributed by atoms with Gasteiger partial charge in [0.2, 0.25) is 0 Å². The molecule has 0 radical (unpaired) electrons. The molecule has 0 aliphatic carbocycles. The molecule has 0 bridgehead atoms. The quantitative estimate of drug-likeness (QED) is 0.488. The number of Topliss-reactive ketones (excluding diaryl/α,β-unsaturated/α-hetero) is 1. The van der Waals surface area contributed by atoms with Crippen molar-refractivity contribution in [2.75, 3.05) is 19.6 Å². The number of carbonyl (C=O) groups excluding carboxylic acids is 3. The molecule has 0 unspecified atom stereocenters. The third kappa shape index (κ3) is 4.15. The standard InChI is InChI=1S/C25H26FN3O3/c1-16(2)13-18-15-28(24(31)17-7-4-3-5-8-17)11-12-29(18)25(32)23(30)19-14-27-21-10-6-9-20(26)22(19)21/h3-10,14,16,18,27H,11-13,15H2,1-2H3/t18-/m0/s1. The Kier molecular flexibility index (Phi) is 6.08. The first kappa shape index (κ1) is 21.7. The van der Waals surface area contributed by atoms with Gasteiger partial charge in [0.05, 0.1) is 11.6 Å². The SMILES string of the molecule is CC(C)C[C@H]1CN(C(=O)c2ccccc2)CCN1C(=O)C(=O)c1c[nH]c2cccc(F)c12.